The second kappa shape index (κ2) is 7.51. The van der Waals surface area contributed by atoms with Crippen molar-refractivity contribution in [3.05, 3.63) is 53.9 Å². The Morgan fingerprint density at radius 3 is 2.65 bits per heavy atom. The zero-order chi connectivity index (χ0) is 18.7. The lowest BCUT2D eigenvalue weighted by Crippen LogP contribution is -2.44. The molecular formula is C20H27N3O3. The van der Waals surface area contributed by atoms with E-state index in [4.69, 9.17) is 4.74 Å². The largest absolute Gasteiger partial charge is 0.497 e. The van der Waals surface area contributed by atoms with Gasteiger partial charge in [-0.2, -0.15) is 0 Å². The first-order valence-corrected chi connectivity index (χ1v) is 8.85. The first kappa shape index (κ1) is 18.5. The number of rotatable bonds is 6. The van der Waals surface area contributed by atoms with E-state index in [9.17, 15) is 9.90 Å². The molecule has 0 saturated carbocycles. The van der Waals surface area contributed by atoms with Gasteiger partial charge in [-0.15, -0.1) is 0 Å². The third-order valence-corrected chi connectivity index (χ3v) is 4.96. The maximum absolute atomic E-state index is 12.6. The summed E-state index contributed by atoms with van der Waals surface area (Å²) in [4.78, 5) is 16.5. The Hall–Kier alpha value is -2.31. The van der Waals surface area contributed by atoms with Gasteiger partial charge in [-0.3, -0.25) is 9.69 Å². The number of hydrogen-bond donors (Lipinski definition) is 1. The maximum atomic E-state index is 12.6. The number of likely N-dealkylation sites (N-methyl/N-ethyl adjacent to an activating group) is 1. The van der Waals surface area contributed by atoms with E-state index in [1.165, 1.54) is 0 Å². The highest BCUT2D eigenvalue weighted by atomic mass is 16.5. The van der Waals surface area contributed by atoms with Gasteiger partial charge in [0, 0.05) is 32.9 Å². The highest BCUT2D eigenvalue weighted by Crippen LogP contribution is 2.24. The number of aliphatic hydroxyl groups is 1. The molecule has 0 unspecified atom stereocenters. The number of likely N-dealkylation sites (tertiary alicyclic amines) is 1. The minimum atomic E-state index is -0.873. The van der Waals surface area contributed by atoms with Crippen molar-refractivity contribution >= 4 is 5.91 Å². The molecule has 2 aromatic rings. The van der Waals surface area contributed by atoms with Gasteiger partial charge in [-0.1, -0.05) is 12.1 Å². The Morgan fingerprint density at radius 2 is 2.04 bits per heavy atom. The van der Waals surface area contributed by atoms with E-state index in [1.54, 1.807) is 12.0 Å². The van der Waals surface area contributed by atoms with Crippen LogP contribution >= 0.6 is 0 Å². The summed E-state index contributed by atoms with van der Waals surface area (Å²) in [6.45, 7) is 2.20. The Bertz CT molecular complexity index is 756. The van der Waals surface area contributed by atoms with Gasteiger partial charge in [-0.25, -0.2) is 0 Å². The number of ether oxygens (including phenoxy) is 1. The molecule has 1 aliphatic heterocycles. The predicted octanol–water partition coefficient (Wildman–Crippen LogP) is 1.74. The molecule has 0 bridgehead atoms. The van der Waals surface area contributed by atoms with Crippen molar-refractivity contribution in [1.82, 2.24) is 14.4 Å². The molecule has 1 aliphatic rings. The average molecular weight is 357 g/mol. The number of nitrogens with zero attached hydrogens (tertiary/aromatic N) is 3. The fourth-order valence-corrected chi connectivity index (χ4v) is 3.61. The van der Waals surface area contributed by atoms with E-state index in [0.29, 0.717) is 31.7 Å². The normalized spacial score (nSPS) is 20.0. The van der Waals surface area contributed by atoms with Crippen LogP contribution in [0.1, 0.15) is 22.5 Å². The molecule has 1 aromatic carbocycles. The fourth-order valence-electron chi connectivity index (χ4n) is 3.61. The number of amides is 1. The van der Waals surface area contributed by atoms with Crippen LogP contribution in [0.4, 0.5) is 0 Å². The molecule has 1 atom stereocenters. The Morgan fingerprint density at radius 1 is 1.31 bits per heavy atom. The Kier molecular flexibility index (Phi) is 5.34. The smallest absolute Gasteiger partial charge is 0.270 e. The first-order chi connectivity index (χ1) is 12.4. The molecule has 0 aliphatic carbocycles. The molecule has 1 fully saturated rings. The molecule has 6 nitrogen and oxygen atoms in total. The third-order valence-electron chi connectivity index (χ3n) is 4.96. The molecule has 1 saturated heterocycles. The Balaban J connectivity index is 1.57. The number of carbonyl (C=O) groups is 1. The van der Waals surface area contributed by atoms with Crippen molar-refractivity contribution in [1.29, 1.82) is 0 Å². The van der Waals surface area contributed by atoms with E-state index in [0.717, 1.165) is 17.9 Å². The van der Waals surface area contributed by atoms with Crippen LogP contribution < -0.4 is 4.74 Å². The lowest BCUT2D eigenvalue weighted by atomic mass is 10.0. The van der Waals surface area contributed by atoms with Crippen LogP contribution in [-0.2, 0) is 13.6 Å². The molecule has 26 heavy (non-hydrogen) atoms. The summed E-state index contributed by atoms with van der Waals surface area (Å²) in [5.41, 5.74) is 0.940. The quantitative estimate of drug-likeness (QED) is 0.856. The van der Waals surface area contributed by atoms with Crippen LogP contribution in [0.2, 0.25) is 0 Å². The van der Waals surface area contributed by atoms with Crippen molar-refractivity contribution in [3.63, 3.8) is 0 Å². The average Bonchev–Trinajstić information content (AvgIpc) is 3.21. The number of benzene rings is 1. The van der Waals surface area contributed by atoms with Gasteiger partial charge in [0.05, 0.1) is 19.3 Å². The number of aryl methyl sites for hydroxylation is 1. The van der Waals surface area contributed by atoms with E-state index in [1.807, 2.05) is 61.3 Å². The molecule has 1 N–H and O–H groups in total. The van der Waals surface area contributed by atoms with Gasteiger partial charge in [-0.05, 0) is 43.3 Å². The van der Waals surface area contributed by atoms with E-state index >= 15 is 0 Å². The molecule has 3 rings (SSSR count). The van der Waals surface area contributed by atoms with Crippen molar-refractivity contribution in [2.45, 2.75) is 18.6 Å². The van der Waals surface area contributed by atoms with Gasteiger partial charge in [0.1, 0.15) is 11.4 Å². The van der Waals surface area contributed by atoms with Crippen LogP contribution in [-0.4, -0.2) is 64.8 Å². The minimum absolute atomic E-state index is 0.0220. The van der Waals surface area contributed by atoms with Crippen molar-refractivity contribution < 1.29 is 14.6 Å². The molecule has 0 radical (unpaired) electrons. The monoisotopic (exact) mass is 357 g/mol. The summed E-state index contributed by atoms with van der Waals surface area (Å²) in [6, 6.07) is 11.6. The standard InChI is InChI=1S/C20H27N3O3/c1-21(13-16-6-8-17(26-3)9-7-16)14-20(25)10-12-23(15-20)19(24)18-5-4-11-22(18)2/h4-9,11,25H,10,12-15H2,1-3H3/t20-/m1/s1. The van der Waals surface area contributed by atoms with Crippen LogP contribution in [0.25, 0.3) is 0 Å². The highest BCUT2D eigenvalue weighted by Gasteiger charge is 2.39. The Labute approximate surface area is 154 Å². The lowest BCUT2D eigenvalue weighted by molar-refractivity contribution is 0.0162. The maximum Gasteiger partial charge on any atom is 0.270 e. The molecular weight excluding hydrogens is 330 g/mol. The van der Waals surface area contributed by atoms with Crippen molar-refractivity contribution in [2.75, 3.05) is 33.8 Å². The van der Waals surface area contributed by atoms with Gasteiger partial charge in [0.15, 0.2) is 0 Å². The summed E-state index contributed by atoms with van der Waals surface area (Å²) < 4.78 is 6.99. The van der Waals surface area contributed by atoms with E-state index in [-0.39, 0.29) is 5.91 Å². The van der Waals surface area contributed by atoms with Gasteiger partial charge < -0.3 is 19.3 Å². The van der Waals surface area contributed by atoms with Crippen LogP contribution in [0.15, 0.2) is 42.6 Å². The van der Waals surface area contributed by atoms with Crippen molar-refractivity contribution in [3.8, 4) is 5.75 Å². The molecule has 1 amide bonds. The second-order valence-electron chi connectivity index (χ2n) is 7.23. The number of β-amino-alcohol motifs (C(OH)–C–C–N with tert-alkyl or cyclic N) is 1. The van der Waals surface area contributed by atoms with Gasteiger partial charge in [0.25, 0.3) is 5.91 Å². The number of carbonyl (C=O) groups excluding carboxylic acids is 1. The number of aromatic nitrogens is 1. The van der Waals surface area contributed by atoms with E-state index < -0.39 is 5.60 Å². The zero-order valence-electron chi connectivity index (χ0n) is 15.7. The van der Waals surface area contributed by atoms with Crippen LogP contribution in [0.3, 0.4) is 0 Å². The summed E-state index contributed by atoms with van der Waals surface area (Å²) in [5.74, 6) is 0.812. The number of methoxy groups -OCH3 is 1. The van der Waals surface area contributed by atoms with Crippen LogP contribution in [0, 0.1) is 0 Å². The first-order valence-electron chi connectivity index (χ1n) is 8.85. The van der Waals surface area contributed by atoms with Gasteiger partial charge >= 0.3 is 0 Å². The molecule has 6 heteroatoms. The molecule has 1 aromatic heterocycles. The lowest BCUT2D eigenvalue weighted by Gasteiger charge is -2.29. The SMILES string of the molecule is COc1ccc(CN(C)C[C@]2(O)CCN(C(=O)c3cccn3C)C2)cc1. The summed E-state index contributed by atoms with van der Waals surface area (Å²) in [6.07, 6.45) is 2.45. The highest BCUT2D eigenvalue weighted by molar-refractivity contribution is 5.93. The molecule has 0 spiro atoms. The summed E-state index contributed by atoms with van der Waals surface area (Å²) in [5, 5.41) is 10.9. The molecule has 2 heterocycles. The number of hydrogen-bond acceptors (Lipinski definition) is 4. The summed E-state index contributed by atoms with van der Waals surface area (Å²) >= 11 is 0. The second-order valence-corrected chi connectivity index (χ2v) is 7.23. The van der Waals surface area contributed by atoms with Crippen LogP contribution in [0.5, 0.6) is 5.75 Å². The minimum Gasteiger partial charge on any atom is -0.497 e. The van der Waals surface area contributed by atoms with Gasteiger partial charge in [0.2, 0.25) is 0 Å². The zero-order valence-corrected chi connectivity index (χ0v) is 15.7. The van der Waals surface area contributed by atoms with Crippen molar-refractivity contribution in [2.24, 2.45) is 7.05 Å². The summed E-state index contributed by atoms with van der Waals surface area (Å²) in [7, 11) is 5.50. The van der Waals surface area contributed by atoms with E-state index in [2.05, 4.69) is 4.90 Å². The predicted molar refractivity (Wildman–Crippen MR) is 100 cm³/mol. The third kappa shape index (κ3) is 4.08. The topological polar surface area (TPSA) is 57.9 Å². The fraction of sp³-hybridized carbons (Fsp3) is 0.450. The molecule has 140 valence electrons.